The molecule has 0 radical (unpaired) electrons. The van der Waals surface area contributed by atoms with E-state index >= 15 is 0 Å². The zero-order valence-electron chi connectivity index (χ0n) is 12.2. The summed E-state index contributed by atoms with van der Waals surface area (Å²) in [6, 6.07) is 10.1. The van der Waals surface area contributed by atoms with Gasteiger partial charge < -0.3 is 15.4 Å². The summed E-state index contributed by atoms with van der Waals surface area (Å²) in [5, 5.41) is 6.52. The first-order chi connectivity index (χ1) is 10.2. The second-order valence-electron chi connectivity index (χ2n) is 4.50. The first-order valence-corrected chi connectivity index (χ1v) is 7.59. The van der Waals surface area contributed by atoms with Gasteiger partial charge in [-0.3, -0.25) is 0 Å². The minimum absolute atomic E-state index is 0.395. The molecule has 0 unspecified atom stereocenters. The van der Waals surface area contributed by atoms with Crippen molar-refractivity contribution in [3.05, 3.63) is 46.2 Å². The Morgan fingerprint density at radius 2 is 1.76 bits per heavy atom. The fraction of sp³-hybridized carbons (Fsp3) is 0.333. The number of anilines is 2. The third kappa shape index (κ3) is 4.99. The SMILES string of the molecule is CCNc1cc(NCc2ccc(Br)cc2)nc(COC)n1. The second kappa shape index (κ2) is 7.95. The lowest BCUT2D eigenvalue weighted by Crippen LogP contribution is -2.08. The number of hydrogen-bond acceptors (Lipinski definition) is 5. The maximum Gasteiger partial charge on any atom is 0.158 e. The van der Waals surface area contributed by atoms with E-state index in [1.807, 2.05) is 25.1 Å². The molecule has 0 atom stereocenters. The Hall–Kier alpha value is -1.66. The number of nitrogens with one attached hydrogen (secondary N) is 2. The van der Waals surface area contributed by atoms with Crippen LogP contribution in [0.3, 0.4) is 0 Å². The van der Waals surface area contributed by atoms with E-state index in [9.17, 15) is 0 Å². The maximum absolute atomic E-state index is 5.11. The smallest absolute Gasteiger partial charge is 0.158 e. The largest absolute Gasteiger partial charge is 0.377 e. The first kappa shape index (κ1) is 15.7. The summed E-state index contributed by atoms with van der Waals surface area (Å²) in [5.74, 6) is 2.25. The van der Waals surface area contributed by atoms with Crippen LogP contribution in [0.5, 0.6) is 0 Å². The summed E-state index contributed by atoms with van der Waals surface area (Å²) in [6.45, 7) is 3.96. The molecule has 112 valence electrons. The van der Waals surface area contributed by atoms with Gasteiger partial charge in [0.2, 0.25) is 0 Å². The molecular weight excluding hydrogens is 332 g/mol. The van der Waals surface area contributed by atoms with Gasteiger partial charge in [0.05, 0.1) is 0 Å². The molecule has 1 heterocycles. The maximum atomic E-state index is 5.11. The number of hydrogen-bond donors (Lipinski definition) is 2. The van der Waals surface area contributed by atoms with E-state index in [1.54, 1.807) is 7.11 Å². The van der Waals surface area contributed by atoms with E-state index < -0.39 is 0 Å². The van der Waals surface area contributed by atoms with Crippen molar-refractivity contribution < 1.29 is 4.74 Å². The van der Waals surface area contributed by atoms with Crippen LogP contribution < -0.4 is 10.6 Å². The van der Waals surface area contributed by atoms with Crippen LogP contribution in [0.25, 0.3) is 0 Å². The molecule has 2 aromatic rings. The molecule has 1 aromatic carbocycles. The number of nitrogens with zero attached hydrogens (tertiary/aromatic N) is 2. The molecule has 0 amide bonds. The van der Waals surface area contributed by atoms with Crippen molar-refractivity contribution in [1.29, 1.82) is 0 Å². The van der Waals surface area contributed by atoms with E-state index in [-0.39, 0.29) is 0 Å². The van der Waals surface area contributed by atoms with Crippen LogP contribution in [-0.2, 0) is 17.9 Å². The van der Waals surface area contributed by atoms with Gasteiger partial charge in [0, 0.05) is 30.7 Å². The molecule has 21 heavy (non-hydrogen) atoms. The average molecular weight is 351 g/mol. The van der Waals surface area contributed by atoms with Crippen LogP contribution in [-0.4, -0.2) is 23.6 Å². The van der Waals surface area contributed by atoms with Gasteiger partial charge in [0.25, 0.3) is 0 Å². The zero-order valence-corrected chi connectivity index (χ0v) is 13.8. The van der Waals surface area contributed by atoms with E-state index in [4.69, 9.17) is 4.74 Å². The Morgan fingerprint density at radius 3 is 2.38 bits per heavy atom. The molecule has 0 saturated heterocycles. The van der Waals surface area contributed by atoms with Crippen molar-refractivity contribution in [1.82, 2.24) is 9.97 Å². The number of aromatic nitrogens is 2. The Morgan fingerprint density at radius 1 is 1.10 bits per heavy atom. The zero-order chi connectivity index (χ0) is 15.1. The molecular formula is C15H19BrN4O. The lowest BCUT2D eigenvalue weighted by atomic mass is 10.2. The van der Waals surface area contributed by atoms with Gasteiger partial charge in [-0.05, 0) is 24.6 Å². The highest BCUT2D eigenvalue weighted by Crippen LogP contribution is 2.15. The van der Waals surface area contributed by atoms with E-state index in [0.717, 1.165) is 22.7 Å². The fourth-order valence-electron chi connectivity index (χ4n) is 1.85. The third-order valence-electron chi connectivity index (χ3n) is 2.79. The average Bonchev–Trinajstić information content (AvgIpc) is 2.47. The van der Waals surface area contributed by atoms with Crippen LogP contribution in [0.2, 0.25) is 0 Å². The second-order valence-corrected chi connectivity index (χ2v) is 5.41. The van der Waals surface area contributed by atoms with Crippen molar-refractivity contribution in [2.45, 2.75) is 20.1 Å². The van der Waals surface area contributed by atoms with Gasteiger partial charge in [-0.2, -0.15) is 0 Å². The van der Waals surface area contributed by atoms with Gasteiger partial charge in [-0.25, -0.2) is 9.97 Å². The highest BCUT2D eigenvalue weighted by atomic mass is 79.9. The number of rotatable bonds is 7. The van der Waals surface area contributed by atoms with E-state index in [0.29, 0.717) is 19.0 Å². The number of halogens is 1. The molecule has 6 heteroatoms. The standard InChI is InChI=1S/C15H19BrN4O/c1-3-17-13-8-14(20-15(19-13)10-21-2)18-9-11-4-6-12(16)7-5-11/h4-8H,3,9-10H2,1-2H3,(H2,17,18,19,20). The Labute approximate surface area is 133 Å². The Bertz CT molecular complexity index is 550. The molecule has 0 saturated carbocycles. The highest BCUT2D eigenvalue weighted by molar-refractivity contribution is 9.10. The minimum atomic E-state index is 0.395. The monoisotopic (exact) mass is 350 g/mol. The number of ether oxygens (including phenoxy) is 1. The van der Waals surface area contributed by atoms with Gasteiger partial charge in [-0.1, -0.05) is 28.1 Å². The molecule has 5 nitrogen and oxygen atoms in total. The van der Waals surface area contributed by atoms with Gasteiger partial charge in [-0.15, -0.1) is 0 Å². The van der Waals surface area contributed by atoms with Crippen LogP contribution in [0, 0.1) is 0 Å². The molecule has 0 spiro atoms. The van der Waals surface area contributed by atoms with E-state index in [2.05, 4.69) is 48.7 Å². The van der Waals surface area contributed by atoms with Crippen LogP contribution in [0.4, 0.5) is 11.6 Å². The number of benzene rings is 1. The van der Waals surface area contributed by atoms with E-state index in [1.165, 1.54) is 5.56 Å². The Kier molecular flexibility index (Phi) is 5.95. The molecule has 2 rings (SSSR count). The Balaban J connectivity index is 2.08. The molecule has 0 bridgehead atoms. The normalized spacial score (nSPS) is 10.4. The molecule has 0 fully saturated rings. The molecule has 0 aliphatic heterocycles. The predicted octanol–water partition coefficient (Wildman–Crippen LogP) is 3.43. The fourth-order valence-corrected chi connectivity index (χ4v) is 2.11. The van der Waals surface area contributed by atoms with Gasteiger partial charge in [0.1, 0.15) is 18.2 Å². The minimum Gasteiger partial charge on any atom is -0.377 e. The quantitative estimate of drug-likeness (QED) is 0.800. The summed E-state index contributed by atoms with van der Waals surface area (Å²) >= 11 is 3.43. The van der Waals surface area contributed by atoms with Crippen LogP contribution in [0.1, 0.15) is 18.3 Å². The predicted molar refractivity (Wildman–Crippen MR) is 88.4 cm³/mol. The summed E-state index contributed by atoms with van der Waals surface area (Å²) in [6.07, 6.45) is 0. The number of methoxy groups -OCH3 is 1. The molecule has 2 N–H and O–H groups in total. The summed E-state index contributed by atoms with van der Waals surface area (Å²) in [4.78, 5) is 8.83. The van der Waals surface area contributed by atoms with Crippen LogP contribution >= 0.6 is 15.9 Å². The molecule has 0 aliphatic carbocycles. The van der Waals surface area contributed by atoms with Gasteiger partial charge in [0.15, 0.2) is 5.82 Å². The first-order valence-electron chi connectivity index (χ1n) is 6.80. The topological polar surface area (TPSA) is 59.1 Å². The van der Waals surface area contributed by atoms with Crippen LogP contribution in [0.15, 0.2) is 34.8 Å². The molecule has 0 aliphatic rings. The third-order valence-corrected chi connectivity index (χ3v) is 3.32. The summed E-state index contributed by atoms with van der Waals surface area (Å²) in [7, 11) is 1.64. The van der Waals surface area contributed by atoms with Crippen molar-refractivity contribution in [2.24, 2.45) is 0 Å². The lowest BCUT2D eigenvalue weighted by Gasteiger charge is -2.10. The van der Waals surface area contributed by atoms with Crippen molar-refractivity contribution in [3.8, 4) is 0 Å². The summed E-state index contributed by atoms with van der Waals surface area (Å²) < 4.78 is 6.18. The van der Waals surface area contributed by atoms with Crippen molar-refractivity contribution in [3.63, 3.8) is 0 Å². The van der Waals surface area contributed by atoms with Gasteiger partial charge >= 0.3 is 0 Å². The van der Waals surface area contributed by atoms with Crippen molar-refractivity contribution in [2.75, 3.05) is 24.3 Å². The lowest BCUT2D eigenvalue weighted by molar-refractivity contribution is 0.178. The van der Waals surface area contributed by atoms with Crippen molar-refractivity contribution >= 4 is 27.6 Å². The summed E-state index contributed by atoms with van der Waals surface area (Å²) in [5.41, 5.74) is 1.19. The molecule has 1 aromatic heterocycles. The highest BCUT2D eigenvalue weighted by Gasteiger charge is 2.04.